The van der Waals surface area contributed by atoms with Crippen molar-refractivity contribution < 1.29 is 24.7 Å². The zero-order valence-corrected chi connectivity index (χ0v) is 14.2. The fraction of sp³-hybridized carbons (Fsp3) is 0. The molecule has 0 heterocycles. The van der Waals surface area contributed by atoms with Crippen LogP contribution in [0.2, 0.25) is 0 Å². The Morgan fingerprint density at radius 2 is 1.54 bits per heavy atom. The van der Waals surface area contributed by atoms with Gasteiger partial charge < -0.3 is 15.5 Å². The number of phenols is 2. The molecular weight excluding hydrogens is 364 g/mol. The minimum absolute atomic E-state index is 0.00805. The lowest BCUT2D eigenvalue weighted by atomic mass is 9.82. The number of hydrogen-bond acceptors (Lipinski definition) is 7. The quantitative estimate of drug-likeness (QED) is 0.283. The van der Waals surface area contributed by atoms with Crippen molar-refractivity contribution in [2.45, 2.75) is 0 Å². The number of nitrogens with zero attached hydrogens (tertiary/aromatic N) is 1. The van der Waals surface area contributed by atoms with Crippen LogP contribution in [0, 0.1) is 10.1 Å². The number of rotatable bonds is 3. The zero-order chi connectivity index (χ0) is 20.0. The van der Waals surface area contributed by atoms with E-state index in [0.29, 0.717) is 5.69 Å². The first-order valence-electron chi connectivity index (χ1n) is 8.17. The van der Waals surface area contributed by atoms with Gasteiger partial charge in [-0.3, -0.25) is 19.7 Å². The summed E-state index contributed by atoms with van der Waals surface area (Å²) in [5.74, 6) is -2.21. The average Bonchev–Trinajstić information content (AvgIpc) is 2.67. The van der Waals surface area contributed by atoms with Crippen LogP contribution >= 0.6 is 0 Å². The number of nitrogens with one attached hydrogen (secondary N) is 1. The molecular formula is C20H12N2O6. The number of ketones is 2. The van der Waals surface area contributed by atoms with E-state index < -0.39 is 33.5 Å². The van der Waals surface area contributed by atoms with Crippen molar-refractivity contribution in [3.63, 3.8) is 0 Å². The highest BCUT2D eigenvalue weighted by molar-refractivity contribution is 6.32. The summed E-state index contributed by atoms with van der Waals surface area (Å²) in [7, 11) is 0. The van der Waals surface area contributed by atoms with Gasteiger partial charge in [-0.05, 0) is 30.3 Å². The van der Waals surface area contributed by atoms with Crippen molar-refractivity contribution in [1.82, 2.24) is 0 Å². The Balaban J connectivity index is 2.02. The molecule has 8 nitrogen and oxygen atoms in total. The predicted octanol–water partition coefficient (Wildman–Crippen LogP) is 3.53. The summed E-state index contributed by atoms with van der Waals surface area (Å²) < 4.78 is 0. The number of carbonyl (C=O) groups excluding carboxylic acids is 2. The van der Waals surface area contributed by atoms with Gasteiger partial charge in [-0.2, -0.15) is 0 Å². The standard InChI is InChI=1S/C20H12N2O6/c23-11-6-7-12-13(8-11)20(26)16-14(22(27)28)9-15(24)18(17(16)19(12)25)21-10-4-2-1-3-5-10/h1-9,21,23-24H. The molecule has 0 atom stereocenters. The van der Waals surface area contributed by atoms with E-state index in [0.717, 1.165) is 12.1 Å². The van der Waals surface area contributed by atoms with Crippen LogP contribution in [0.15, 0.2) is 54.6 Å². The molecule has 1 aliphatic carbocycles. The molecule has 8 heteroatoms. The lowest BCUT2D eigenvalue weighted by molar-refractivity contribution is -0.385. The molecule has 0 radical (unpaired) electrons. The van der Waals surface area contributed by atoms with Crippen molar-refractivity contribution in [3.8, 4) is 11.5 Å². The van der Waals surface area contributed by atoms with Gasteiger partial charge >= 0.3 is 0 Å². The van der Waals surface area contributed by atoms with E-state index in [4.69, 9.17) is 0 Å². The molecule has 138 valence electrons. The van der Waals surface area contributed by atoms with Crippen molar-refractivity contribution >= 4 is 28.6 Å². The Bertz CT molecular complexity index is 1170. The van der Waals surface area contributed by atoms with Crippen LogP contribution < -0.4 is 5.32 Å². The third-order valence-corrected chi connectivity index (χ3v) is 4.47. The number of benzene rings is 3. The van der Waals surface area contributed by atoms with Gasteiger partial charge in [0, 0.05) is 16.8 Å². The molecule has 4 rings (SSSR count). The molecule has 0 unspecified atom stereocenters. The molecule has 3 N–H and O–H groups in total. The van der Waals surface area contributed by atoms with Gasteiger partial charge in [-0.1, -0.05) is 18.2 Å². The van der Waals surface area contributed by atoms with E-state index in [-0.39, 0.29) is 28.1 Å². The lowest BCUT2D eigenvalue weighted by Gasteiger charge is -2.21. The molecule has 0 aliphatic heterocycles. The Labute approximate surface area is 157 Å². The van der Waals surface area contributed by atoms with E-state index in [1.165, 1.54) is 12.1 Å². The first-order valence-corrected chi connectivity index (χ1v) is 8.17. The van der Waals surface area contributed by atoms with Gasteiger partial charge in [0.2, 0.25) is 5.78 Å². The SMILES string of the molecule is O=C1c2cc(O)ccc2C(=O)c2c(Nc3ccccc3)c(O)cc([N+](=O)[O-])c21. The first kappa shape index (κ1) is 17.2. The van der Waals surface area contributed by atoms with Crippen LogP contribution in [0.3, 0.4) is 0 Å². The summed E-state index contributed by atoms with van der Waals surface area (Å²) in [4.78, 5) is 36.7. The molecule has 28 heavy (non-hydrogen) atoms. The fourth-order valence-corrected chi connectivity index (χ4v) is 3.24. The highest BCUT2D eigenvalue weighted by atomic mass is 16.6. The van der Waals surface area contributed by atoms with Crippen molar-refractivity contribution in [2.24, 2.45) is 0 Å². The minimum atomic E-state index is -0.830. The molecule has 0 bridgehead atoms. The maximum atomic E-state index is 13.1. The lowest BCUT2D eigenvalue weighted by Crippen LogP contribution is -2.23. The van der Waals surface area contributed by atoms with E-state index >= 15 is 0 Å². The highest BCUT2D eigenvalue weighted by Gasteiger charge is 2.39. The van der Waals surface area contributed by atoms with Gasteiger partial charge in [0.1, 0.15) is 17.1 Å². The van der Waals surface area contributed by atoms with Gasteiger partial charge in [0.25, 0.3) is 5.69 Å². The van der Waals surface area contributed by atoms with Crippen molar-refractivity contribution in [1.29, 1.82) is 0 Å². The molecule has 0 saturated heterocycles. The van der Waals surface area contributed by atoms with E-state index in [1.807, 2.05) is 0 Å². The zero-order valence-electron chi connectivity index (χ0n) is 14.2. The Hall–Kier alpha value is -4.20. The Morgan fingerprint density at radius 3 is 2.21 bits per heavy atom. The summed E-state index contributed by atoms with van der Waals surface area (Å²) in [5.41, 5.74) is -1.10. The normalized spacial score (nSPS) is 12.3. The number of nitro benzene ring substituents is 1. The van der Waals surface area contributed by atoms with Crippen LogP contribution in [0.5, 0.6) is 11.5 Å². The second-order valence-electron chi connectivity index (χ2n) is 6.18. The van der Waals surface area contributed by atoms with E-state index in [1.54, 1.807) is 30.3 Å². The highest BCUT2D eigenvalue weighted by Crippen LogP contribution is 2.43. The Kier molecular flexibility index (Phi) is 3.82. The maximum Gasteiger partial charge on any atom is 0.285 e. The van der Waals surface area contributed by atoms with Gasteiger partial charge in [-0.25, -0.2) is 0 Å². The summed E-state index contributed by atoms with van der Waals surface area (Å²) in [6, 6.07) is 13.0. The molecule has 0 aromatic heterocycles. The topological polar surface area (TPSA) is 130 Å². The number of aromatic hydroxyl groups is 2. The monoisotopic (exact) mass is 376 g/mol. The van der Waals surface area contributed by atoms with Crippen LogP contribution in [-0.4, -0.2) is 26.7 Å². The molecule has 1 aliphatic rings. The number of fused-ring (bicyclic) bond motifs is 2. The smallest absolute Gasteiger partial charge is 0.285 e. The summed E-state index contributed by atoms with van der Waals surface area (Å²) >= 11 is 0. The van der Waals surface area contributed by atoms with Crippen LogP contribution in [0.4, 0.5) is 17.1 Å². The second kappa shape index (κ2) is 6.20. The summed E-state index contributed by atoms with van der Waals surface area (Å²) in [5, 5.41) is 34.4. The van der Waals surface area contributed by atoms with Crippen molar-refractivity contribution in [3.05, 3.63) is 87.0 Å². The first-order chi connectivity index (χ1) is 13.4. The fourth-order valence-electron chi connectivity index (χ4n) is 3.24. The number of para-hydroxylation sites is 1. The number of carbonyl (C=O) groups is 2. The number of nitro groups is 1. The third-order valence-electron chi connectivity index (χ3n) is 4.47. The van der Waals surface area contributed by atoms with Crippen LogP contribution in [0.25, 0.3) is 0 Å². The maximum absolute atomic E-state index is 13.1. The molecule has 3 aromatic carbocycles. The van der Waals surface area contributed by atoms with Crippen LogP contribution in [0.1, 0.15) is 31.8 Å². The van der Waals surface area contributed by atoms with Crippen LogP contribution in [-0.2, 0) is 0 Å². The molecule has 0 spiro atoms. The largest absolute Gasteiger partial charge is 0.508 e. The van der Waals surface area contributed by atoms with E-state index in [2.05, 4.69) is 5.32 Å². The molecule has 0 fully saturated rings. The predicted molar refractivity (Wildman–Crippen MR) is 99.5 cm³/mol. The minimum Gasteiger partial charge on any atom is -0.508 e. The van der Waals surface area contributed by atoms with Crippen molar-refractivity contribution in [2.75, 3.05) is 5.32 Å². The molecule has 0 saturated carbocycles. The third kappa shape index (κ3) is 2.55. The Morgan fingerprint density at radius 1 is 0.857 bits per heavy atom. The number of phenolic OH excluding ortho intramolecular Hbond substituents is 2. The van der Waals surface area contributed by atoms with E-state index in [9.17, 15) is 29.9 Å². The van der Waals surface area contributed by atoms with Gasteiger partial charge in [0.05, 0.1) is 22.2 Å². The van der Waals surface area contributed by atoms with Gasteiger partial charge in [-0.15, -0.1) is 0 Å². The summed E-state index contributed by atoms with van der Waals surface area (Å²) in [6.45, 7) is 0. The number of hydrogen-bond donors (Lipinski definition) is 3. The summed E-state index contributed by atoms with van der Waals surface area (Å²) in [6.07, 6.45) is 0. The van der Waals surface area contributed by atoms with Gasteiger partial charge in [0.15, 0.2) is 5.78 Å². The molecule has 0 amide bonds. The average molecular weight is 376 g/mol. The second-order valence-corrected chi connectivity index (χ2v) is 6.18. The molecule has 3 aromatic rings. The number of anilines is 2.